The normalized spacial score (nSPS) is 16.7. The van der Waals surface area contributed by atoms with Crippen LogP contribution in [0, 0.1) is 0 Å². The van der Waals surface area contributed by atoms with Crippen LogP contribution >= 0.6 is 0 Å². The zero-order chi connectivity index (χ0) is 12.6. The number of anilines is 1. The average Bonchev–Trinajstić information content (AvgIpc) is 2.46. The Morgan fingerprint density at radius 3 is 2.50 bits per heavy atom. The fraction of sp³-hybridized carbons (Fsp3) is 0.571. The molecule has 0 aromatic heterocycles. The summed E-state index contributed by atoms with van der Waals surface area (Å²) in [5.74, 6) is 0. The third-order valence-corrected chi connectivity index (χ3v) is 3.13. The van der Waals surface area contributed by atoms with Crippen molar-refractivity contribution in [2.75, 3.05) is 31.4 Å². The van der Waals surface area contributed by atoms with E-state index >= 15 is 0 Å². The molecule has 0 saturated carbocycles. The lowest BCUT2D eigenvalue weighted by Gasteiger charge is -2.37. The molecule has 1 aromatic carbocycles. The summed E-state index contributed by atoms with van der Waals surface area (Å²) < 4.78 is 0. The number of para-hydroxylation sites is 1. The van der Waals surface area contributed by atoms with Crippen LogP contribution in [0.4, 0.5) is 5.69 Å². The molecular formula is C14H23N3O. The number of hydrazine groups is 1. The third-order valence-electron chi connectivity index (χ3n) is 3.13. The predicted molar refractivity (Wildman–Crippen MR) is 74.0 cm³/mol. The van der Waals surface area contributed by atoms with Crippen molar-refractivity contribution >= 4 is 5.69 Å². The second-order valence-corrected chi connectivity index (χ2v) is 4.60. The van der Waals surface area contributed by atoms with Crippen molar-refractivity contribution in [2.24, 2.45) is 5.73 Å². The van der Waals surface area contributed by atoms with Gasteiger partial charge in [-0.25, -0.2) is 0 Å². The zero-order valence-electron chi connectivity index (χ0n) is 10.9. The molecule has 1 aliphatic rings. The van der Waals surface area contributed by atoms with E-state index in [1.54, 1.807) is 0 Å². The molecular weight excluding hydrogens is 226 g/mol. The lowest BCUT2D eigenvalue weighted by molar-refractivity contribution is -0.0160. The Morgan fingerprint density at radius 2 is 1.83 bits per heavy atom. The lowest BCUT2D eigenvalue weighted by atomic mass is 10.2. The van der Waals surface area contributed by atoms with Gasteiger partial charge in [-0.1, -0.05) is 24.6 Å². The molecule has 0 atom stereocenters. The van der Waals surface area contributed by atoms with Gasteiger partial charge in [0.05, 0.1) is 12.3 Å². The van der Waals surface area contributed by atoms with Crippen LogP contribution in [-0.2, 0) is 4.84 Å². The van der Waals surface area contributed by atoms with E-state index in [1.807, 2.05) is 23.4 Å². The first-order valence-corrected chi connectivity index (χ1v) is 6.85. The molecule has 1 saturated heterocycles. The van der Waals surface area contributed by atoms with Crippen molar-refractivity contribution in [3.05, 3.63) is 30.3 Å². The van der Waals surface area contributed by atoms with Gasteiger partial charge in [0.25, 0.3) is 0 Å². The van der Waals surface area contributed by atoms with Crippen molar-refractivity contribution in [1.29, 1.82) is 0 Å². The Bertz CT molecular complexity index is 325. The van der Waals surface area contributed by atoms with E-state index in [0.717, 1.165) is 25.2 Å². The standard InChI is InChI=1S/C14H23N3O/c15-10-7-13-18-17(14-8-3-1-4-9-14)16-11-5-2-6-12-16/h1,3-4,8-9H,2,5-7,10-13,15H2. The highest BCUT2D eigenvalue weighted by Gasteiger charge is 2.19. The maximum atomic E-state index is 5.89. The van der Waals surface area contributed by atoms with E-state index in [2.05, 4.69) is 17.1 Å². The van der Waals surface area contributed by atoms with Crippen molar-refractivity contribution < 1.29 is 4.84 Å². The molecule has 0 aliphatic carbocycles. The molecule has 1 fully saturated rings. The molecule has 2 rings (SSSR count). The quantitative estimate of drug-likeness (QED) is 0.620. The Hall–Kier alpha value is -1.10. The van der Waals surface area contributed by atoms with E-state index in [9.17, 15) is 0 Å². The molecule has 2 N–H and O–H groups in total. The van der Waals surface area contributed by atoms with Crippen LogP contribution in [0.25, 0.3) is 0 Å². The summed E-state index contributed by atoms with van der Waals surface area (Å²) in [5.41, 5.74) is 6.61. The van der Waals surface area contributed by atoms with Gasteiger partial charge in [0.15, 0.2) is 0 Å². The number of rotatable bonds is 6. The minimum atomic E-state index is 0.669. The maximum Gasteiger partial charge on any atom is 0.0825 e. The van der Waals surface area contributed by atoms with Crippen molar-refractivity contribution in [3.8, 4) is 0 Å². The van der Waals surface area contributed by atoms with Gasteiger partial charge < -0.3 is 5.73 Å². The largest absolute Gasteiger partial charge is 0.330 e. The first-order valence-electron chi connectivity index (χ1n) is 6.85. The van der Waals surface area contributed by atoms with Crippen molar-refractivity contribution in [1.82, 2.24) is 5.01 Å². The monoisotopic (exact) mass is 249 g/mol. The van der Waals surface area contributed by atoms with Crippen LogP contribution < -0.4 is 10.9 Å². The Labute approximate surface area is 109 Å². The van der Waals surface area contributed by atoms with E-state index in [4.69, 9.17) is 10.6 Å². The van der Waals surface area contributed by atoms with Gasteiger partial charge in [-0.3, -0.25) is 4.84 Å². The first-order chi connectivity index (χ1) is 8.92. The summed E-state index contributed by atoms with van der Waals surface area (Å²) in [7, 11) is 0. The topological polar surface area (TPSA) is 41.7 Å². The summed E-state index contributed by atoms with van der Waals surface area (Å²) in [6.45, 7) is 3.47. The SMILES string of the molecule is NCCCON(c1ccccc1)N1CCCCC1. The van der Waals surface area contributed by atoms with Gasteiger partial charge >= 0.3 is 0 Å². The molecule has 18 heavy (non-hydrogen) atoms. The number of piperidine rings is 1. The summed E-state index contributed by atoms with van der Waals surface area (Å²) >= 11 is 0. The van der Waals surface area contributed by atoms with E-state index in [-0.39, 0.29) is 0 Å². The molecule has 4 nitrogen and oxygen atoms in total. The molecule has 1 aliphatic heterocycles. The highest BCUT2D eigenvalue weighted by Crippen LogP contribution is 2.20. The third kappa shape index (κ3) is 3.70. The number of hydrogen-bond acceptors (Lipinski definition) is 4. The minimum absolute atomic E-state index is 0.669. The summed E-state index contributed by atoms with van der Waals surface area (Å²) in [6.07, 6.45) is 4.69. The van der Waals surface area contributed by atoms with Gasteiger partial charge in [0.1, 0.15) is 0 Å². The molecule has 0 spiro atoms. The van der Waals surface area contributed by atoms with E-state index < -0.39 is 0 Å². The first kappa shape index (κ1) is 13.3. The molecule has 4 heteroatoms. The Kier molecular flexibility index (Phi) is 5.45. The Morgan fingerprint density at radius 1 is 1.11 bits per heavy atom. The molecule has 0 amide bonds. The zero-order valence-corrected chi connectivity index (χ0v) is 10.9. The molecule has 1 aromatic rings. The van der Waals surface area contributed by atoms with Crippen molar-refractivity contribution in [3.63, 3.8) is 0 Å². The van der Waals surface area contributed by atoms with Gasteiger partial charge in [0.2, 0.25) is 0 Å². The minimum Gasteiger partial charge on any atom is -0.330 e. The van der Waals surface area contributed by atoms with Crippen LogP contribution in [0.1, 0.15) is 25.7 Å². The fourth-order valence-electron chi connectivity index (χ4n) is 2.17. The van der Waals surface area contributed by atoms with E-state index in [0.29, 0.717) is 13.2 Å². The highest BCUT2D eigenvalue weighted by atomic mass is 16.7. The average molecular weight is 249 g/mol. The summed E-state index contributed by atoms with van der Waals surface area (Å²) in [6, 6.07) is 10.3. The van der Waals surface area contributed by atoms with Crippen molar-refractivity contribution in [2.45, 2.75) is 25.7 Å². The van der Waals surface area contributed by atoms with Crippen LogP contribution in [-0.4, -0.2) is 31.3 Å². The van der Waals surface area contributed by atoms with Crippen LogP contribution in [0.2, 0.25) is 0 Å². The fourth-order valence-corrected chi connectivity index (χ4v) is 2.17. The van der Waals surface area contributed by atoms with Crippen LogP contribution in [0.3, 0.4) is 0 Å². The molecule has 0 radical (unpaired) electrons. The van der Waals surface area contributed by atoms with Gasteiger partial charge in [-0.05, 0) is 37.9 Å². The highest BCUT2D eigenvalue weighted by molar-refractivity contribution is 5.42. The number of benzene rings is 1. The number of nitrogens with two attached hydrogens (primary N) is 1. The van der Waals surface area contributed by atoms with Crippen LogP contribution in [0.5, 0.6) is 0 Å². The number of nitrogens with zero attached hydrogens (tertiary/aromatic N) is 2. The number of hydrogen-bond donors (Lipinski definition) is 1. The molecule has 1 heterocycles. The molecule has 0 bridgehead atoms. The maximum absolute atomic E-state index is 5.89. The molecule has 0 unspecified atom stereocenters. The second kappa shape index (κ2) is 7.36. The second-order valence-electron chi connectivity index (χ2n) is 4.60. The van der Waals surface area contributed by atoms with Gasteiger partial charge in [0, 0.05) is 13.1 Å². The smallest absolute Gasteiger partial charge is 0.0825 e. The Balaban J connectivity index is 2.01. The molecule has 100 valence electrons. The summed E-state index contributed by atoms with van der Waals surface area (Å²) in [5, 5.41) is 4.24. The lowest BCUT2D eigenvalue weighted by Crippen LogP contribution is -2.46. The predicted octanol–water partition coefficient (Wildman–Crippen LogP) is 2.17. The van der Waals surface area contributed by atoms with Gasteiger partial charge in [-0.15, -0.1) is 0 Å². The summed E-state index contributed by atoms with van der Waals surface area (Å²) in [4.78, 5) is 5.89. The van der Waals surface area contributed by atoms with Crippen LogP contribution in [0.15, 0.2) is 30.3 Å². The van der Waals surface area contributed by atoms with E-state index in [1.165, 1.54) is 19.3 Å². The van der Waals surface area contributed by atoms with Gasteiger partial charge in [-0.2, -0.15) is 10.2 Å².